The second kappa shape index (κ2) is 15.5. The van der Waals surface area contributed by atoms with E-state index in [1.165, 1.54) is 0 Å². The standard InChI is InChI=1S/C60H41N5O2S/c61-68(66,67)60-57-46-34-18-17-33-45(46)55(64-57)50(38-23-7-2-8-24-38)53-42-30-14-13-29-41(42)52(62-53)49(37-21-5-1-6-22-37)54-43-31-15-16-32-44(43)56(63-54)51(39-25-9-3-10-26-39)58-47-35-19-20-36-48(47)59(60)65(58)40-27-11-4-12-28-40/h1-36,62-64H,(H2,61,66,67). The third kappa shape index (κ3) is 6.05. The third-order valence-electron chi connectivity index (χ3n) is 13.4. The minimum absolute atomic E-state index is 0.0214. The number of rotatable bonds is 5. The zero-order valence-corrected chi connectivity index (χ0v) is 37.4. The number of nitrogens with two attached hydrogens (primary N) is 1. The number of nitrogens with zero attached hydrogens (tertiary/aromatic N) is 1. The fraction of sp³-hybridized carbons (Fsp3) is 0. The smallest absolute Gasteiger partial charge is 0.242 e. The van der Waals surface area contributed by atoms with E-state index in [9.17, 15) is 0 Å². The largest absolute Gasteiger partial charge is 0.353 e. The monoisotopic (exact) mass is 895 g/mol. The highest BCUT2D eigenvalue weighted by Gasteiger charge is 2.30. The minimum Gasteiger partial charge on any atom is -0.353 e. The van der Waals surface area contributed by atoms with Crippen LogP contribution in [0.4, 0.5) is 0 Å². The molecule has 0 saturated carbocycles. The average Bonchev–Trinajstić information content (AvgIpc) is 4.14. The first-order chi connectivity index (χ1) is 33.4. The lowest BCUT2D eigenvalue weighted by atomic mass is 9.96. The van der Waals surface area contributed by atoms with Gasteiger partial charge in [-0.3, -0.25) is 0 Å². The molecule has 0 atom stereocenters. The molecule has 12 aromatic rings. The number of aromatic amines is 3. The number of H-pyrrole nitrogens is 3. The zero-order chi connectivity index (χ0) is 45.5. The summed E-state index contributed by atoms with van der Waals surface area (Å²) in [6, 6.07) is 74.4. The molecular formula is C60H41N5O2S. The molecule has 8 aromatic carbocycles. The molecule has 0 radical (unpaired) electrons. The van der Waals surface area contributed by atoms with Gasteiger partial charge in [-0.1, -0.05) is 206 Å². The molecule has 0 fully saturated rings. The summed E-state index contributed by atoms with van der Waals surface area (Å²) >= 11 is 0. The number of sulfonamides is 1. The van der Waals surface area contributed by atoms with Gasteiger partial charge in [0.1, 0.15) is 4.91 Å². The van der Waals surface area contributed by atoms with E-state index in [1.54, 1.807) is 0 Å². The van der Waals surface area contributed by atoms with Gasteiger partial charge in [0.25, 0.3) is 0 Å². The number of hydrogen-bond donors (Lipinski definition) is 4. The van der Waals surface area contributed by atoms with Crippen LogP contribution in [0, 0.1) is 0 Å². The van der Waals surface area contributed by atoms with E-state index in [0.717, 1.165) is 115 Å². The van der Waals surface area contributed by atoms with E-state index in [0.29, 0.717) is 11.0 Å². The molecular weight excluding hydrogens is 855 g/mol. The maximum absolute atomic E-state index is 15.0. The van der Waals surface area contributed by atoms with Crippen molar-refractivity contribution in [2.45, 2.75) is 0 Å². The van der Waals surface area contributed by atoms with Crippen molar-refractivity contribution in [3.05, 3.63) is 279 Å². The molecule has 8 bridgehead atoms. The second-order valence-corrected chi connectivity index (χ2v) is 18.8. The Hall–Kier alpha value is -8.69. The van der Waals surface area contributed by atoms with Gasteiger partial charge in [-0.05, 0) is 28.8 Å². The first-order valence-electron chi connectivity index (χ1n) is 22.6. The van der Waals surface area contributed by atoms with Gasteiger partial charge in [-0.2, -0.15) is 0 Å². The molecule has 4 aromatic heterocycles. The molecule has 1 aliphatic rings. The Morgan fingerprint density at radius 2 is 0.647 bits per heavy atom. The number of aromatic nitrogens is 4. The lowest BCUT2D eigenvalue weighted by Gasteiger charge is -2.14. The van der Waals surface area contributed by atoms with Crippen LogP contribution in [0.25, 0.3) is 70.4 Å². The summed E-state index contributed by atoms with van der Waals surface area (Å²) in [5.74, 6) is 0. The molecule has 5 N–H and O–H groups in total. The van der Waals surface area contributed by atoms with Gasteiger partial charge in [-0.25, -0.2) is 13.6 Å². The minimum atomic E-state index is -4.52. The van der Waals surface area contributed by atoms with Gasteiger partial charge >= 0.3 is 0 Å². The molecule has 324 valence electrons. The van der Waals surface area contributed by atoms with Gasteiger partial charge in [0.2, 0.25) is 10.0 Å². The van der Waals surface area contributed by atoms with Crippen LogP contribution in [-0.4, -0.2) is 27.9 Å². The summed E-state index contributed by atoms with van der Waals surface area (Å²) in [7, 11) is -4.52. The summed E-state index contributed by atoms with van der Waals surface area (Å²) in [6.07, 6.45) is 0. The van der Waals surface area contributed by atoms with Gasteiger partial charge in [0.15, 0.2) is 0 Å². The Bertz CT molecular complexity index is 4380. The lowest BCUT2D eigenvalue weighted by Crippen LogP contribution is -2.33. The normalized spacial score (nSPS) is 13.1. The molecule has 0 aliphatic carbocycles. The Labute approximate surface area is 390 Å². The predicted molar refractivity (Wildman–Crippen MR) is 276 cm³/mol. The number of nitrogens with one attached hydrogen (secondary N) is 3. The number of benzene rings is 8. The highest BCUT2D eigenvalue weighted by molar-refractivity contribution is 7.98. The van der Waals surface area contributed by atoms with Crippen LogP contribution < -0.4 is 26.5 Å². The molecule has 0 unspecified atom stereocenters. The molecule has 8 heteroatoms. The topological polar surface area (TPSA) is 112 Å². The van der Waals surface area contributed by atoms with Crippen LogP contribution in [-0.2, 0) is 10.0 Å². The van der Waals surface area contributed by atoms with Crippen molar-refractivity contribution >= 4 is 74.7 Å². The Morgan fingerprint density at radius 3 is 1.09 bits per heavy atom. The second-order valence-electron chi connectivity index (χ2n) is 17.3. The highest BCUT2D eigenvalue weighted by atomic mass is 32.2. The maximum Gasteiger partial charge on any atom is 0.242 e. The highest BCUT2D eigenvalue weighted by Crippen LogP contribution is 2.38. The molecule has 0 spiro atoms. The number of primary sulfonamides is 1. The summed E-state index contributed by atoms with van der Waals surface area (Å²) in [5, 5.41) is 17.0. The van der Waals surface area contributed by atoms with Gasteiger partial charge in [0, 0.05) is 65.5 Å². The van der Waals surface area contributed by atoms with Gasteiger partial charge in [-0.15, -0.1) is 0 Å². The Morgan fingerprint density at radius 1 is 0.324 bits per heavy atom. The third-order valence-corrected chi connectivity index (χ3v) is 14.4. The fourth-order valence-electron chi connectivity index (χ4n) is 10.7. The van der Waals surface area contributed by atoms with Crippen molar-refractivity contribution < 1.29 is 8.42 Å². The van der Waals surface area contributed by atoms with Gasteiger partial charge < -0.3 is 19.5 Å². The first kappa shape index (κ1) is 39.7. The molecule has 13 rings (SSSR count). The van der Waals surface area contributed by atoms with E-state index in [-0.39, 0.29) is 4.91 Å². The van der Waals surface area contributed by atoms with E-state index >= 15 is 8.42 Å². The number of para-hydroxylation sites is 1. The molecule has 0 saturated heterocycles. The summed E-state index contributed by atoms with van der Waals surface area (Å²) in [6.45, 7) is 0. The van der Waals surface area contributed by atoms with E-state index in [4.69, 9.17) is 5.14 Å². The SMILES string of the molecule is NS(=O)(=O)C1=c2c3ccccc3c(n2-c2ccccc2)=C(c2ccccc2)c2[nH]c(c3ccccc23)C(c2ccccc2)=c2[nH]c(c3ccccc23)=C(c2ccccc2)c2[nH]c1c1ccccc21. The van der Waals surface area contributed by atoms with Crippen LogP contribution in [0.15, 0.2) is 218 Å². The van der Waals surface area contributed by atoms with E-state index in [2.05, 4.69) is 147 Å². The van der Waals surface area contributed by atoms with Crippen molar-refractivity contribution in [3.8, 4) is 5.69 Å². The van der Waals surface area contributed by atoms with Crippen LogP contribution in [0.3, 0.4) is 0 Å². The summed E-state index contributed by atoms with van der Waals surface area (Å²) < 4.78 is 32.1. The lowest BCUT2D eigenvalue weighted by molar-refractivity contribution is 0.607. The van der Waals surface area contributed by atoms with Crippen molar-refractivity contribution in [1.29, 1.82) is 0 Å². The molecule has 5 heterocycles. The average molecular weight is 896 g/mol. The van der Waals surface area contributed by atoms with Crippen molar-refractivity contribution in [2.24, 2.45) is 5.14 Å². The molecule has 7 nitrogen and oxygen atoms in total. The van der Waals surface area contributed by atoms with Crippen molar-refractivity contribution in [2.75, 3.05) is 0 Å². The quantitative estimate of drug-likeness (QED) is 0.138. The van der Waals surface area contributed by atoms with Crippen LogP contribution in [0.5, 0.6) is 0 Å². The first-order valence-corrected chi connectivity index (χ1v) is 24.2. The zero-order valence-electron chi connectivity index (χ0n) is 36.5. The molecule has 0 amide bonds. The summed E-state index contributed by atoms with van der Waals surface area (Å²) in [5.41, 5.74) is 9.44. The van der Waals surface area contributed by atoms with Crippen molar-refractivity contribution in [3.63, 3.8) is 0 Å². The predicted octanol–water partition coefficient (Wildman–Crippen LogP) is 9.57. The van der Waals surface area contributed by atoms with E-state index < -0.39 is 10.0 Å². The fourth-order valence-corrected chi connectivity index (χ4v) is 11.6. The molecule has 1 aliphatic heterocycles. The van der Waals surface area contributed by atoms with Gasteiger partial charge in [0.05, 0.1) is 44.2 Å². The number of hydrogen-bond acceptors (Lipinski definition) is 2. The maximum atomic E-state index is 15.0. The molecule has 68 heavy (non-hydrogen) atoms. The number of fused-ring (bicyclic) bond motifs is 20. The summed E-state index contributed by atoms with van der Waals surface area (Å²) in [4.78, 5) is 12.0. The van der Waals surface area contributed by atoms with Crippen LogP contribution >= 0.6 is 0 Å². The van der Waals surface area contributed by atoms with Crippen LogP contribution in [0.1, 0.15) is 39.5 Å². The van der Waals surface area contributed by atoms with Crippen molar-refractivity contribution in [1.82, 2.24) is 19.5 Å². The Balaban J connectivity index is 1.42. The van der Waals surface area contributed by atoms with Crippen LogP contribution in [0.2, 0.25) is 0 Å². The Kier molecular flexibility index (Phi) is 9.01. The van der Waals surface area contributed by atoms with E-state index in [1.807, 2.05) is 91.0 Å².